The number of nitrogens with two attached hydrogens (primary N) is 1. The van der Waals surface area contributed by atoms with Crippen molar-refractivity contribution in [1.82, 2.24) is 0 Å². The molecule has 7 N–H and O–H groups in total. The molecule has 0 amide bonds. The molecule has 0 aromatic heterocycles. The lowest BCUT2D eigenvalue weighted by Crippen LogP contribution is -2.34. The van der Waals surface area contributed by atoms with E-state index in [4.69, 9.17) is 24.8 Å². The SMILES string of the molecule is CCCCCCCC/C=C\CCCCCCCC(=O)O[C@H](COC(=O)CCC[C@@H](O)[C@H](O)/C=C/C=C/C=C\C=C\[C@H](O)CCCCC)COP(=O)(O)OC[C@H](N)C(=O)O. The number of aliphatic carboxylic acids is 1. The highest BCUT2D eigenvalue weighted by molar-refractivity contribution is 7.47. The van der Waals surface area contributed by atoms with Crippen LogP contribution in [-0.4, -0.2) is 93.5 Å². The number of carboxylic acid groups (broad SMARTS) is 1. The molecule has 0 aliphatic rings. The summed E-state index contributed by atoms with van der Waals surface area (Å²) >= 11 is 0. The maximum Gasteiger partial charge on any atom is 0.472 e. The summed E-state index contributed by atoms with van der Waals surface area (Å²) in [6.07, 6.45) is 32.3. The Balaban J connectivity index is 4.72. The van der Waals surface area contributed by atoms with Crippen molar-refractivity contribution in [3.05, 3.63) is 60.8 Å². The number of carbonyl (C=O) groups excluding carboxylic acids is 2. The molecule has 0 aliphatic heterocycles. The summed E-state index contributed by atoms with van der Waals surface area (Å²) < 4.78 is 32.4. The maximum atomic E-state index is 12.6. The van der Waals surface area contributed by atoms with Gasteiger partial charge in [-0.2, -0.15) is 0 Å². The number of esters is 2. The number of carboxylic acids is 1. The molecule has 1 unspecified atom stereocenters. The molecule has 0 spiro atoms. The van der Waals surface area contributed by atoms with Gasteiger partial charge in [-0.25, -0.2) is 4.57 Å². The Kier molecular flexibility index (Phi) is 36.1. The summed E-state index contributed by atoms with van der Waals surface area (Å²) in [6, 6.07) is -1.57. The average molecular weight is 858 g/mol. The van der Waals surface area contributed by atoms with Crippen molar-refractivity contribution in [2.24, 2.45) is 5.73 Å². The number of carbonyl (C=O) groups is 3. The zero-order valence-corrected chi connectivity index (χ0v) is 36.6. The molecule has 0 aromatic carbocycles. The van der Waals surface area contributed by atoms with Crippen LogP contribution in [0.1, 0.15) is 149 Å². The molecule has 0 bridgehead atoms. The number of unbranched alkanes of at least 4 members (excludes halogenated alkanes) is 13. The van der Waals surface area contributed by atoms with E-state index in [0.717, 1.165) is 64.2 Å². The number of allylic oxidation sites excluding steroid dienone is 8. The first kappa shape index (κ1) is 56.1. The van der Waals surface area contributed by atoms with E-state index in [1.54, 1.807) is 42.5 Å². The monoisotopic (exact) mass is 858 g/mol. The number of rotatable bonds is 39. The second kappa shape index (κ2) is 38.0. The van der Waals surface area contributed by atoms with Crippen LogP contribution in [0.15, 0.2) is 60.8 Å². The van der Waals surface area contributed by atoms with E-state index in [2.05, 4.69) is 30.5 Å². The van der Waals surface area contributed by atoms with Crippen LogP contribution in [0.25, 0.3) is 0 Å². The van der Waals surface area contributed by atoms with Crippen LogP contribution in [-0.2, 0) is 37.5 Å². The lowest BCUT2D eigenvalue weighted by Gasteiger charge is -2.20. The standard InChI is InChI=1S/C44H76NO13P/c1-3-5-7-8-9-10-11-12-13-14-15-16-17-22-26-32-43(50)58-38(35-56-59(53,54)57-36-39(45)44(51)52)34-55-42(49)33-27-31-41(48)40(47)30-25-21-19-18-20-24-29-37(46)28-23-6-4-2/h12-13,18-21,24-25,29-30,37-41,46-48H,3-11,14-17,22-23,26-28,31-36,45H2,1-2H3,(H,51,52)(H,53,54)/b13-12-,20-18-,21-19+,29-24+,30-25+/t37-,38-,39+,40-,41-/m1/s1. The molecule has 59 heavy (non-hydrogen) atoms. The van der Waals surface area contributed by atoms with Crippen LogP contribution in [0.5, 0.6) is 0 Å². The molecular formula is C44H76NO13P. The Morgan fingerprint density at radius 1 is 0.627 bits per heavy atom. The number of hydrogen-bond acceptors (Lipinski definition) is 12. The molecule has 0 rings (SSSR count). The van der Waals surface area contributed by atoms with Gasteiger partial charge in [-0.15, -0.1) is 0 Å². The second-order valence-electron chi connectivity index (χ2n) is 14.7. The fourth-order valence-electron chi connectivity index (χ4n) is 5.50. The fourth-order valence-corrected chi connectivity index (χ4v) is 6.28. The van der Waals surface area contributed by atoms with E-state index >= 15 is 0 Å². The lowest BCUT2D eigenvalue weighted by molar-refractivity contribution is -0.161. The first-order valence-electron chi connectivity index (χ1n) is 21.6. The maximum absolute atomic E-state index is 12.6. The Morgan fingerprint density at radius 3 is 1.78 bits per heavy atom. The summed E-state index contributed by atoms with van der Waals surface area (Å²) in [5.74, 6) is -2.77. The van der Waals surface area contributed by atoms with Crippen LogP contribution < -0.4 is 5.73 Å². The van der Waals surface area contributed by atoms with Crippen LogP contribution in [0, 0.1) is 0 Å². The highest BCUT2D eigenvalue weighted by Crippen LogP contribution is 2.43. The van der Waals surface area contributed by atoms with Crippen molar-refractivity contribution in [2.75, 3.05) is 19.8 Å². The molecule has 0 radical (unpaired) electrons. The van der Waals surface area contributed by atoms with Crippen molar-refractivity contribution < 1.29 is 62.8 Å². The molecule has 0 aliphatic carbocycles. The number of phosphoric ester groups is 1. The molecule has 6 atom stereocenters. The minimum atomic E-state index is -4.80. The third kappa shape index (κ3) is 36.6. The quantitative estimate of drug-likeness (QED) is 0.0113. The molecule has 0 aromatic rings. The minimum absolute atomic E-state index is 0.0755. The highest BCUT2D eigenvalue weighted by atomic mass is 31.2. The third-order valence-electron chi connectivity index (χ3n) is 9.10. The van der Waals surface area contributed by atoms with E-state index < -0.39 is 76.0 Å². The van der Waals surface area contributed by atoms with E-state index in [1.807, 2.05) is 0 Å². The van der Waals surface area contributed by atoms with Gasteiger partial charge < -0.3 is 40.5 Å². The molecule has 0 saturated heterocycles. The van der Waals surface area contributed by atoms with Gasteiger partial charge in [0.05, 0.1) is 31.5 Å². The predicted octanol–water partition coefficient (Wildman–Crippen LogP) is 8.08. The van der Waals surface area contributed by atoms with Gasteiger partial charge in [-0.1, -0.05) is 145 Å². The predicted molar refractivity (Wildman–Crippen MR) is 230 cm³/mol. The number of aliphatic hydroxyl groups excluding tert-OH is 3. The summed E-state index contributed by atoms with van der Waals surface area (Å²) in [5, 5.41) is 39.3. The van der Waals surface area contributed by atoms with Gasteiger partial charge in [0, 0.05) is 12.8 Å². The fraction of sp³-hybridized carbons (Fsp3) is 0.705. The Bertz CT molecular complexity index is 1290. The summed E-state index contributed by atoms with van der Waals surface area (Å²) in [5.41, 5.74) is 5.31. The van der Waals surface area contributed by atoms with Gasteiger partial charge >= 0.3 is 25.7 Å². The normalized spacial score (nSPS) is 15.9. The zero-order chi connectivity index (χ0) is 44.0. The first-order chi connectivity index (χ1) is 28.3. The topological polar surface area (TPSA) is 232 Å². The lowest BCUT2D eigenvalue weighted by atomic mass is 10.1. The summed E-state index contributed by atoms with van der Waals surface area (Å²) in [7, 11) is -4.80. The van der Waals surface area contributed by atoms with Crippen molar-refractivity contribution in [1.29, 1.82) is 0 Å². The van der Waals surface area contributed by atoms with Gasteiger partial charge in [0.25, 0.3) is 0 Å². The highest BCUT2D eigenvalue weighted by Gasteiger charge is 2.28. The van der Waals surface area contributed by atoms with Crippen molar-refractivity contribution in [2.45, 2.75) is 179 Å². The molecule has 0 fully saturated rings. The molecular weight excluding hydrogens is 781 g/mol. The smallest absolute Gasteiger partial charge is 0.472 e. The van der Waals surface area contributed by atoms with Gasteiger partial charge in [-0.05, 0) is 51.4 Å². The van der Waals surface area contributed by atoms with Crippen molar-refractivity contribution in [3.8, 4) is 0 Å². The third-order valence-corrected chi connectivity index (χ3v) is 10.1. The first-order valence-corrected chi connectivity index (χ1v) is 23.1. The largest absolute Gasteiger partial charge is 0.480 e. The Morgan fingerprint density at radius 2 is 1.15 bits per heavy atom. The number of ether oxygens (including phenoxy) is 2. The second-order valence-corrected chi connectivity index (χ2v) is 16.1. The van der Waals surface area contributed by atoms with Crippen LogP contribution >= 0.6 is 7.82 Å². The van der Waals surface area contributed by atoms with Gasteiger partial charge in [0.15, 0.2) is 6.10 Å². The van der Waals surface area contributed by atoms with Gasteiger partial charge in [0.1, 0.15) is 12.6 Å². The van der Waals surface area contributed by atoms with Crippen molar-refractivity contribution >= 4 is 25.7 Å². The molecule has 15 heteroatoms. The number of aliphatic hydroxyl groups is 3. The van der Waals surface area contributed by atoms with Gasteiger partial charge in [-0.3, -0.25) is 23.4 Å². The molecule has 340 valence electrons. The van der Waals surface area contributed by atoms with Crippen molar-refractivity contribution in [3.63, 3.8) is 0 Å². The van der Waals surface area contributed by atoms with E-state index in [1.165, 1.54) is 44.6 Å². The molecule has 0 saturated carbocycles. The summed E-state index contributed by atoms with van der Waals surface area (Å²) in [6.45, 7) is 2.32. The number of phosphoric acid groups is 1. The van der Waals surface area contributed by atoms with Gasteiger partial charge in [0.2, 0.25) is 0 Å². The van der Waals surface area contributed by atoms with E-state index in [-0.39, 0.29) is 25.7 Å². The van der Waals surface area contributed by atoms with E-state index in [0.29, 0.717) is 6.42 Å². The van der Waals surface area contributed by atoms with Crippen LogP contribution in [0.2, 0.25) is 0 Å². The van der Waals surface area contributed by atoms with Crippen LogP contribution in [0.4, 0.5) is 0 Å². The zero-order valence-electron chi connectivity index (χ0n) is 35.7. The molecule has 14 nitrogen and oxygen atoms in total. The molecule has 0 heterocycles. The Labute approximate surface area is 353 Å². The minimum Gasteiger partial charge on any atom is -0.480 e. The average Bonchev–Trinajstić information content (AvgIpc) is 3.20. The van der Waals surface area contributed by atoms with E-state index in [9.17, 15) is 39.2 Å². The number of hydrogen-bond donors (Lipinski definition) is 6. The summed E-state index contributed by atoms with van der Waals surface area (Å²) in [4.78, 5) is 46.0. The van der Waals surface area contributed by atoms with Crippen LogP contribution in [0.3, 0.4) is 0 Å². The Hall–Kier alpha value is -2.94.